The number of benzene rings is 2. The zero-order valence-corrected chi connectivity index (χ0v) is 15.9. The minimum absolute atomic E-state index is 0.0839. The molecule has 3 rings (SSSR count). The summed E-state index contributed by atoms with van der Waals surface area (Å²) in [5.74, 6) is 0.185. The summed E-state index contributed by atoms with van der Waals surface area (Å²) < 4.78 is 1.49. The number of pyridine rings is 1. The minimum Gasteiger partial charge on any atom is -0.507 e. The standard InChI is InChI=1S/C20H20N4O2S/c1-3-23-12-15(17(25)11-18(23)26)19(22-2)24(20(21)27)16-10-6-8-13-7-4-5-9-14(13)16/h4-12,25H,3H2,1-2H3,(H2,21,27). The Morgan fingerprint density at radius 1 is 1.26 bits per heavy atom. The molecule has 0 fully saturated rings. The summed E-state index contributed by atoms with van der Waals surface area (Å²) in [5.41, 5.74) is 6.88. The summed E-state index contributed by atoms with van der Waals surface area (Å²) in [6.45, 7) is 2.31. The Morgan fingerprint density at radius 3 is 2.63 bits per heavy atom. The number of aromatic hydroxyl groups is 1. The average molecular weight is 380 g/mol. The molecular weight excluding hydrogens is 360 g/mol. The van der Waals surface area contributed by atoms with Crippen LogP contribution in [0.15, 0.2) is 64.5 Å². The smallest absolute Gasteiger partial charge is 0.254 e. The maximum Gasteiger partial charge on any atom is 0.254 e. The highest BCUT2D eigenvalue weighted by Crippen LogP contribution is 2.29. The van der Waals surface area contributed by atoms with Crippen LogP contribution in [-0.2, 0) is 6.54 Å². The number of amidine groups is 1. The van der Waals surface area contributed by atoms with Gasteiger partial charge < -0.3 is 15.4 Å². The lowest BCUT2D eigenvalue weighted by atomic mass is 10.1. The second-order valence-electron chi connectivity index (χ2n) is 5.92. The van der Waals surface area contributed by atoms with Crippen molar-refractivity contribution in [3.05, 3.63) is 70.6 Å². The SMILES string of the molecule is CCn1cc(C(=NC)N(C(N)=S)c2cccc3ccccc23)c(O)cc1=O. The Bertz CT molecular complexity index is 1100. The molecule has 1 aromatic heterocycles. The first-order valence-corrected chi connectivity index (χ1v) is 8.86. The maximum absolute atomic E-state index is 12.0. The Labute approximate surface area is 162 Å². The van der Waals surface area contributed by atoms with E-state index >= 15 is 0 Å². The van der Waals surface area contributed by atoms with E-state index in [0.717, 1.165) is 16.5 Å². The van der Waals surface area contributed by atoms with Gasteiger partial charge in [-0.3, -0.25) is 14.7 Å². The molecule has 2 aromatic carbocycles. The van der Waals surface area contributed by atoms with Gasteiger partial charge in [0.15, 0.2) is 5.11 Å². The van der Waals surface area contributed by atoms with Gasteiger partial charge in [-0.05, 0) is 30.6 Å². The number of aliphatic imine (C=N–C) groups is 1. The third-order valence-corrected chi connectivity index (χ3v) is 4.52. The highest BCUT2D eigenvalue weighted by Gasteiger charge is 2.23. The van der Waals surface area contributed by atoms with E-state index in [9.17, 15) is 9.90 Å². The van der Waals surface area contributed by atoms with Crippen LogP contribution in [0.1, 0.15) is 12.5 Å². The molecule has 7 heteroatoms. The molecule has 0 spiro atoms. The molecule has 3 N–H and O–H groups in total. The molecule has 3 aromatic rings. The van der Waals surface area contributed by atoms with Gasteiger partial charge in [-0.15, -0.1) is 0 Å². The molecule has 0 saturated heterocycles. The van der Waals surface area contributed by atoms with E-state index in [1.54, 1.807) is 18.1 Å². The minimum atomic E-state index is -0.291. The molecule has 0 unspecified atom stereocenters. The first kappa shape index (κ1) is 18.6. The summed E-state index contributed by atoms with van der Waals surface area (Å²) in [6, 6.07) is 14.8. The topological polar surface area (TPSA) is 83.8 Å². The van der Waals surface area contributed by atoms with Gasteiger partial charge in [-0.25, -0.2) is 0 Å². The summed E-state index contributed by atoms with van der Waals surface area (Å²) in [4.78, 5) is 17.9. The zero-order valence-electron chi connectivity index (χ0n) is 15.1. The largest absolute Gasteiger partial charge is 0.507 e. The van der Waals surface area contributed by atoms with Gasteiger partial charge in [-0.1, -0.05) is 36.4 Å². The Kier molecular flexibility index (Phi) is 5.23. The predicted octanol–water partition coefficient (Wildman–Crippen LogP) is 2.85. The fourth-order valence-corrected chi connectivity index (χ4v) is 3.25. The molecule has 1 heterocycles. The van der Waals surface area contributed by atoms with Crippen molar-refractivity contribution in [2.45, 2.75) is 13.5 Å². The summed E-state index contributed by atoms with van der Waals surface area (Å²) in [5, 5.41) is 12.4. The van der Waals surface area contributed by atoms with Gasteiger partial charge in [-0.2, -0.15) is 0 Å². The molecule has 0 aliphatic rings. The van der Waals surface area contributed by atoms with Crippen molar-refractivity contribution in [1.29, 1.82) is 0 Å². The molecule has 27 heavy (non-hydrogen) atoms. The molecule has 0 saturated carbocycles. The molecule has 0 amide bonds. The number of aryl methyl sites for hydroxylation is 1. The fourth-order valence-electron chi connectivity index (χ4n) is 3.06. The van der Waals surface area contributed by atoms with Crippen LogP contribution in [0.4, 0.5) is 5.69 Å². The van der Waals surface area contributed by atoms with Gasteiger partial charge in [0.05, 0.1) is 11.3 Å². The lowest BCUT2D eigenvalue weighted by molar-refractivity contribution is 0.469. The molecule has 6 nitrogen and oxygen atoms in total. The van der Waals surface area contributed by atoms with Gasteiger partial charge >= 0.3 is 0 Å². The second kappa shape index (κ2) is 7.59. The van der Waals surface area contributed by atoms with Crippen molar-refractivity contribution in [1.82, 2.24) is 4.57 Å². The molecule has 0 aliphatic heterocycles. The van der Waals surface area contributed by atoms with Crippen molar-refractivity contribution < 1.29 is 5.11 Å². The van der Waals surface area contributed by atoms with Crippen molar-refractivity contribution >= 4 is 39.6 Å². The van der Waals surface area contributed by atoms with Crippen LogP contribution in [0.25, 0.3) is 10.8 Å². The number of hydrogen-bond donors (Lipinski definition) is 2. The molecule has 0 radical (unpaired) electrons. The van der Waals surface area contributed by atoms with E-state index in [0.29, 0.717) is 17.9 Å². The van der Waals surface area contributed by atoms with E-state index in [4.69, 9.17) is 18.0 Å². The highest BCUT2D eigenvalue weighted by molar-refractivity contribution is 7.80. The van der Waals surface area contributed by atoms with E-state index in [2.05, 4.69) is 4.99 Å². The van der Waals surface area contributed by atoms with Crippen molar-refractivity contribution in [3.63, 3.8) is 0 Å². The maximum atomic E-state index is 12.0. The third kappa shape index (κ3) is 3.41. The van der Waals surface area contributed by atoms with Gasteiger partial charge in [0, 0.05) is 31.2 Å². The van der Waals surface area contributed by atoms with Crippen LogP contribution in [0.5, 0.6) is 5.75 Å². The number of hydrogen-bond acceptors (Lipinski definition) is 4. The third-order valence-electron chi connectivity index (χ3n) is 4.34. The number of thiocarbonyl (C=S) groups is 1. The van der Waals surface area contributed by atoms with Crippen molar-refractivity contribution in [2.24, 2.45) is 10.7 Å². The van der Waals surface area contributed by atoms with E-state index in [1.165, 1.54) is 10.6 Å². The van der Waals surface area contributed by atoms with Crippen molar-refractivity contribution in [2.75, 3.05) is 11.9 Å². The van der Waals surface area contributed by atoms with Crippen LogP contribution in [0.3, 0.4) is 0 Å². The summed E-state index contributed by atoms with van der Waals surface area (Å²) in [6.07, 6.45) is 1.57. The highest BCUT2D eigenvalue weighted by atomic mass is 32.1. The fraction of sp³-hybridized carbons (Fsp3) is 0.150. The van der Waals surface area contributed by atoms with E-state index in [-0.39, 0.29) is 16.4 Å². The Morgan fingerprint density at radius 2 is 1.96 bits per heavy atom. The first-order chi connectivity index (χ1) is 13.0. The predicted molar refractivity (Wildman–Crippen MR) is 114 cm³/mol. The van der Waals surface area contributed by atoms with E-state index in [1.807, 2.05) is 49.4 Å². The molecular formula is C20H20N4O2S. The van der Waals surface area contributed by atoms with Gasteiger partial charge in [0.25, 0.3) is 5.56 Å². The first-order valence-electron chi connectivity index (χ1n) is 8.45. The number of nitrogens with zero attached hydrogens (tertiary/aromatic N) is 3. The zero-order chi connectivity index (χ0) is 19.6. The summed E-state index contributed by atoms with van der Waals surface area (Å²) >= 11 is 5.31. The number of anilines is 1. The number of aromatic nitrogens is 1. The molecule has 0 atom stereocenters. The van der Waals surface area contributed by atoms with Crippen molar-refractivity contribution in [3.8, 4) is 5.75 Å². The van der Waals surface area contributed by atoms with Crippen LogP contribution in [-0.4, -0.2) is 27.7 Å². The lowest BCUT2D eigenvalue weighted by Crippen LogP contribution is -2.42. The number of rotatable bonds is 3. The molecule has 0 aliphatic carbocycles. The normalized spacial score (nSPS) is 11.6. The van der Waals surface area contributed by atoms with Gasteiger partial charge in [0.1, 0.15) is 11.6 Å². The number of fused-ring (bicyclic) bond motifs is 1. The van der Waals surface area contributed by atoms with Crippen LogP contribution >= 0.6 is 12.2 Å². The monoisotopic (exact) mass is 380 g/mol. The second-order valence-corrected chi connectivity index (χ2v) is 6.33. The Balaban J connectivity index is 2.26. The number of nitrogens with two attached hydrogens (primary N) is 1. The van der Waals surface area contributed by atoms with E-state index < -0.39 is 0 Å². The van der Waals surface area contributed by atoms with Crippen LogP contribution in [0, 0.1) is 0 Å². The Hall–Kier alpha value is -3.19. The summed E-state index contributed by atoms with van der Waals surface area (Å²) in [7, 11) is 1.59. The molecule has 0 bridgehead atoms. The van der Waals surface area contributed by atoms with Crippen LogP contribution in [0.2, 0.25) is 0 Å². The van der Waals surface area contributed by atoms with Gasteiger partial charge in [0.2, 0.25) is 0 Å². The lowest BCUT2D eigenvalue weighted by Gasteiger charge is -2.26. The average Bonchev–Trinajstić information content (AvgIpc) is 2.66. The quantitative estimate of drug-likeness (QED) is 0.415. The molecule has 138 valence electrons. The van der Waals surface area contributed by atoms with Crippen LogP contribution < -0.4 is 16.2 Å².